The van der Waals surface area contributed by atoms with Crippen LogP contribution < -0.4 is 4.89 Å². The van der Waals surface area contributed by atoms with Crippen LogP contribution in [0.25, 0.3) is 0 Å². The molecule has 5 atom stereocenters. The lowest BCUT2D eigenvalue weighted by Gasteiger charge is -2.40. The summed E-state index contributed by atoms with van der Waals surface area (Å²) in [4.78, 5) is 67.5. The third kappa shape index (κ3) is 26.1. The van der Waals surface area contributed by atoms with E-state index in [9.17, 15) is 33.7 Å². The van der Waals surface area contributed by atoms with Crippen molar-refractivity contribution in [3.8, 4) is 0 Å². The van der Waals surface area contributed by atoms with E-state index in [4.69, 9.17) is 41.3 Å². The summed E-state index contributed by atoms with van der Waals surface area (Å²) in [5.74, 6) is -3.57. The van der Waals surface area contributed by atoms with Gasteiger partial charge >= 0.3 is 32.7 Å². The first-order valence-electron chi connectivity index (χ1n) is 22.7. The Morgan fingerprint density at radius 3 is 1.67 bits per heavy atom. The highest BCUT2D eigenvalue weighted by Crippen LogP contribution is 2.47. The van der Waals surface area contributed by atoms with Crippen molar-refractivity contribution < 1.29 is 79.5 Å². The van der Waals surface area contributed by atoms with Crippen molar-refractivity contribution >= 4 is 40.5 Å². The van der Waals surface area contributed by atoms with Crippen molar-refractivity contribution in [2.45, 2.75) is 151 Å². The number of nitrogens with zero attached hydrogens (tertiary/aromatic N) is 1. The summed E-state index contributed by atoms with van der Waals surface area (Å²) in [5.41, 5.74) is -4.40. The summed E-state index contributed by atoms with van der Waals surface area (Å²) in [7, 11) is 2.59. The van der Waals surface area contributed by atoms with E-state index in [0.29, 0.717) is 29.9 Å². The zero-order valence-electron chi connectivity index (χ0n) is 41.2. The van der Waals surface area contributed by atoms with E-state index in [1.165, 1.54) is 60.4 Å². The molecule has 0 heterocycles. The van der Waals surface area contributed by atoms with E-state index < -0.39 is 82.0 Å². The molecule has 0 aliphatic carbocycles. The first kappa shape index (κ1) is 61.0. The normalized spacial score (nSPS) is 16.2. The summed E-state index contributed by atoms with van der Waals surface area (Å²) < 4.78 is 61.3. The van der Waals surface area contributed by atoms with Gasteiger partial charge in [0.15, 0.2) is 0 Å². The Balaban J connectivity index is 6.23. The molecule has 0 aromatic rings. The fraction of sp³-hybridized carbons (Fsp3) is 0.909. The molecule has 5 unspecified atom stereocenters. The van der Waals surface area contributed by atoms with Gasteiger partial charge in [-0.2, -0.15) is 0 Å². The van der Waals surface area contributed by atoms with Gasteiger partial charge in [-0.05, 0) is 66.7 Å². The highest BCUT2D eigenvalue weighted by molar-refractivity contribution is 7.45. The summed E-state index contributed by atoms with van der Waals surface area (Å²) >= 11 is 0. The van der Waals surface area contributed by atoms with Crippen molar-refractivity contribution in [1.82, 2.24) is 0 Å². The molecule has 17 nitrogen and oxygen atoms in total. The molecule has 0 aromatic carbocycles. The van der Waals surface area contributed by atoms with Gasteiger partial charge in [0.1, 0.15) is 26.4 Å². The van der Waals surface area contributed by atoms with Crippen molar-refractivity contribution in [1.29, 1.82) is 0 Å². The molecule has 0 fully saturated rings. The Bertz CT molecular complexity index is 1370. The van der Waals surface area contributed by atoms with Crippen LogP contribution in [0.4, 0.5) is 0 Å². The van der Waals surface area contributed by atoms with Gasteiger partial charge in [-0.15, -0.1) is 0 Å². The van der Waals surface area contributed by atoms with E-state index in [1.807, 2.05) is 21.1 Å². The van der Waals surface area contributed by atoms with E-state index >= 15 is 0 Å². The Morgan fingerprint density at radius 2 is 1.14 bits per heavy atom. The number of carbonyl (C=O) groups is 4. The van der Waals surface area contributed by atoms with Crippen LogP contribution in [-0.2, 0) is 65.0 Å². The molecule has 63 heavy (non-hydrogen) atoms. The van der Waals surface area contributed by atoms with Gasteiger partial charge in [0.05, 0.1) is 69.2 Å². The topological polar surface area (TPSA) is 212 Å². The first-order chi connectivity index (χ1) is 29.3. The number of hydrogen-bond donors (Lipinski definition) is 1. The molecular weight excluding hydrogens is 858 g/mol. The fourth-order valence-electron chi connectivity index (χ4n) is 7.50. The van der Waals surface area contributed by atoms with E-state index in [2.05, 4.69) is 6.92 Å². The van der Waals surface area contributed by atoms with Crippen LogP contribution >= 0.6 is 7.82 Å². The zero-order chi connectivity index (χ0) is 48.4. The molecule has 0 radical (unpaired) electrons. The predicted octanol–water partition coefficient (Wildman–Crippen LogP) is 6.78. The number of rotatable bonds is 38. The van der Waals surface area contributed by atoms with Crippen LogP contribution in [0.15, 0.2) is 0 Å². The number of ether oxygens (including phenoxy) is 4. The minimum Gasteiger partial charge on any atom is -0.756 e. The van der Waals surface area contributed by atoms with Gasteiger partial charge in [0.25, 0.3) is 7.82 Å². The maximum absolute atomic E-state index is 14.3. The highest BCUT2D eigenvalue weighted by Gasteiger charge is 2.51. The van der Waals surface area contributed by atoms with Crippen LogP contribution in [0, 0.1) is 22.2 Å². The van der Waals surface area contributed by atoms with Crippen LogP contribution in [-0.4, -0.2) is 137 Å². The number of aliphatic hydroxyl groups is 1. The lowest BCUT2D eigenvalue weighted by Crippen LogP contribution is -2.45. The second-order valence-electron chi connectivity index (χ2n) is 19.1. The monoisotopic (exact) mass is 944 g/mol. The molecule has 0 amide bonds. The number of hydrogen-bond acceptors (Lipinski definition) is 16. The van der Waals surface area contributed by atoms with Gasteiger partial charge < -0.3 is 55.8 Å². The maximum Gasteiger partial charge on any atom is 0.500 e. The van der Waals surface area contributed by atoms with Crippen molar-refractivity contribution in [2.24, 2.45) is 22.2 Å². The zero-order valence-corrected chi connectivity index (χ0v) is 43.1. The molecule has 0 rings (SSSR count). The number of aliphatic hydroxyl groups excluding tert-OH is 1. The lowest BCUT2D eigenvalue weighted by molar-refractivity contribution is -0.870. The lowest BCUT2D eigenvalue weighted by atomic mass is 9.64. The van der Waals surface area contributed by atoms with Gasteiger partial charge in [-0.25, -0.2) is 0 Å². The molecule has 0 saturated carbocycles. The van der Waals surface area contributed by atoms with Gasteiger partial charge in [0, 0.05) is 27.4 Å². The number of phosphoric acid groups is 1. The third-order valence-electron chi connectivity index (χ3n) is 10.9. The molecule has 0 aliphatic rings. The van der Waals surface area contributed by atoms with Gasteiger partial charge in [-0.1, -0.05) is 71.6 Å². The average molecular weight is 944 g/mol. The molecule has 19 heteroatoms. The number of quaternary nitrogens is 1. The predicted molar refractivity (Wildman–Crippen MR) is 239 cm³/mol. The first-order valence-corrected chi connectivity index (χ1v) is 26.1. The SMILES string of the molecule is CCCCCCCCCCCCOC(=O)C(C)(CC(C)(C)C(=O)OCCOP(=O)([O-])OCC[N+](C)(C)C)CC(C)(CC(C)C(=O)OCCC[Si](OC)(OC)OC)C(=O)OCC(C)O. The minimum absolute atomic E-state index is 0.0392. The number of unbranched alkanes of at least 4 members (excludes halogenated alkanes) is 9. The van der Waals surface area contributed by atoms with E-state index in [0.717, 1.165) is 25.7 Å². The largest absolute Gasteiger partial charge is 0.756 e. The third-order valence-corrected chi connectivity index (χ3v) is 14.7. The number of likely N-dealkylation sites (N-methyl/N-ethyl adjacent to an activating group) is 1. The van der Waals surface area contributed by atoms with Crippen molar-refractivity contribution in [3.63, 3.8) is 0 Å². The maximum atomic E-state index is 14.3. The van der Waals surface area contributed by atoms with Crippen molar-refractivity contribution in [2.75, 3.05) is 88.7 Å². The standard InChI is InChI=1S/C44H86NO16PSi/c1-14-15-16-17-18-19-20-21-22-23-26-57-41(50)44(7,34-42(4,5)39(48)58-29-30-61-62(51,52)60-28-25-45(8,9)10)35-43(6,40(49)59-33-37(3)46)32-36(2)38(47)56-27-24-31-63(53-11,54-12)55-13/h36-37,46H,14-35H2,1-13H3. The molecule has 0 aromatic heterocycles. The van der Waals surface area contributed by atoms with Gasteiger partial charge in [-0.3, -0.25) is 23.7 Å². The molecule has 0 bridgehead atoms. The summed E-state index contributed by atoms with van der Waals surface area (Å²) in [6, 6.07) is 0.400. The Kier molecular flexibility index (Phi) is 29.4. The minimum atomic E-state index is -4.66. The molecule has 0 spiro atoms. The molecule has 372 valence electrons. The number of esters is 4. The van der Waals surface area contributed by atoms with E-state index in [-0.39, 0.29) is 45.7 Å². The van der Waals surface area contributed by atoms with Crippen LogP contribution in [0.5, 0.6) is 0 Å². The van der Waals surface area contributed by atoms with Gasteiger partial charge in [0.2, 0.25) is 0 Å². The van der Waals surface area contributed by atoms with Crippen LogP contribution in [0.2, 0.25) is 6.04 Å². The van der Waals surface area contributed by atoms with E-state index in [1.54, 1.807) is 34.6 Å². The average Bonchev–Trinajstić information content (AvgIpc) is 3.19. The second-order valence-corrected chi connectivity index (χ2v) is 23.6. The highest BCUT2D eigenvalue weighted by atomic mass is 31.2. The number of carbonyl (C=O) groups excluding carboxylic acids is 4. The summed E-state index contributed by atoms with van der Waals surface area (Å²) in [6.07, 6.45) is 9.87. The summed E-state index contributed by atoms with van der Waals surface area (Å²) in [5, 5.41) is 9.99. The fourth-order valence-corrected chi connectivity index (χ4v) is 9.87. The smallest absolute Gasteiger partial charge is 0.500 e. The van der Waals surface area contributed by atoms with Crippen molar-refractivity contribution in [3.05, 3.63) is 0 Å². The quantitative estimate of drug-likeness (QED) is 0.0169. The molecule has 0 saturated heterocycles. The molecule has 0 aliphatic heterocycles. The summed E-state index contributed by atoms with van der Waals surface area (Å²) in [6.45, 7) is 10.9. The Labute approximate surface area is 380 Å². The second kappa shape index (κ2) is 30.3. The Morgan fingerprint density at radius 1 is 0.651 bits per heavy atom. The molecular formula is C44H86NO16PSi. The molecule has 1 N–H and O–H groups in total. The van der Waals surface area contributed by atoms with Crippen LogP contribution in [0.3, 0.4) is 0 Å². The Hall–Kier alpha value is -1.99. The van der Waals surface area contributed by atoms with Crippen LogP contribution in [0.1, 0.15) is 138 Å². The number of phosphoric ester groups is 1.